The summed E-state index contributed by atoms with van der Waals surface area (Å²) in [5.41, 5.74) is 2.85. The molecule has 138 valence electrons. The number of phenolic OH excluding ortho intramolecular Hbond substituents is 1. The van der Waals surface area contributed by atoms with Gasteiger partial charge in [0.15, 0.2) is 16.6 Å². The number of carbonyl (C=O) groups excluding carboxylic acids is 2. The largest absolute Gasteiger partial charge is 0.504 e. The fourth-order valence-corrected chi connectivity index (χ4v) is 3.07. The van der Waals surface area contributed by atoms with Crippen molar-refractivity contribution < 1.29 is 19.4 Å². The summed E-state index contributed by atoms with van der Waals surface area (Å²) in [4.78, 5) is 26.7. The van der Waals surface area contributed by atoms with Crippen LogP contribution in [0.15, 0.2) is 42.0 Å². The summed E-state index contributed by atoms with van der Waals surface area (Å²) >= 11 is 5.23. The molecule has 27 heavy (non-hydrogen) atoms. The number of aromatic hydroxyl groups is 1. The minimum absolute atomic E-state index is 0.0356. The molecule has 2 N–H and O–H groups in total. The van der Waals surface area contributed by atoms with Crippen LogP contribution < -0.4 is 15.0 Å². The van der Waals surface area contributed by atoms with Gasteiger partial charge in [0, 0.05) is 0 Å². The van der Waals surface area contributed by atoms with Crippen molar-refractivity contribution in [1.29, 1.82) is 0 Å². The second kappa shape index (κ2) is 7.20. The monoisotopic (exact) mass is 382 g/mol. The van der Waals surface area contributed by atoms with Crippen LogP contribution in [0.2, 0.25) is 0 Å². The summed E-state index contributed by atoms with van der Waals surface area (Å²) in [5.74, 6) is -0.887. The van der Waals surface area contributed by atoms with Crippen LogP contribution in [0, 0.1) is 13.8 Å². The highest BCUT2D eigenvalue weighted by atomic mass is 32.1. The smallest absolute Gasteiger partial charge is 0.270 e. The number of nitrogens with zero attached hydrogens (tertiary/aromatic N) is 1. The Morgan fingerprint density at radius 3 is 2.56 bits per heavy atom. The van der Waals surface area contributed by atoms with E-state index in [0.29, 0.717) is 17.0 Å². The normalized spacial score (nSPS) is 15.9. The average Bonchev–Trinajstić information content (AvgIpc) is 2.61. The third-order valence-electron chi connectivity index (χ3n) is 4.22. The number of methoxy groups -OCH3 is 1. The van der Waals surface area contributed by atoms with Gasteiger partial charge in [-0.15, -0.1) is 0 Å². The number of aryl methyl sites for hydroxylation is 2. The lowest BCUT2D eigenvalue weighted by Gasteiger charge is -2.30. The summed E-state index contributed by atoms with van der Waals surface area (Å²) < 4.78 is 5.00. The van der Waals surface area contributed by atoms with Crippen molar-refractivity contribution in [3.8, 4) is 11.5 Å². The molecule has 0 bridgehead atoms. The SMILES string of the molecule is COc1ccc(C=C2C(=O)NC(=S)N(c3cc(C)ccc3C)C2=O)cc1O. The van der Waals surface area contributed by atoms with Gasteiger partial charge >= 0.3 is 0 Å². The number of hydrogen-bond donors (Lipinski definition) is 2. The molecule has 3 rings (SSSR count). The van der Waals surface area contributed by atoms with Crippen LogP contribution in [-0.2, 0) is 9.59 Å². The molecule has 0 unspecified atom stereocenters. The lowest BCUT2D eigenvalue weighted by Crippen LogP contribution is -2.54. The molecule has 0 aliphatic carbocycles. The highest BCUT2D eigenvalue weighted by Crippen LogP contribution is 2.29. The van der Waals surface area contributed by atoms with Crippen LogP contribution in [0.1, 0.15) is 16.7 Å². The fourth-order valence-electron chi connectivity index (χ4n) is 2.80. The molecule has 1 aliphatic rings. The Kier molecular flexibility index (Phi) is 4.96. The van der Waals surface area contributed by atoms with Crippen molar-refractivity contribution in [1.82, 2.24) is 5.32 Å². The van der Waals surface area contributed by atoms with Gasteiger partial charge < -0.3 is 9.84 Å². The number of anilines is 1. The van der Waals surface area contributed by atoms with Gasteiger partial charge in [0.25, 0.3) is 11.8 Å². The molecular weight excluding hydrogens is 364 g/mol. The average molecular weight is 382 g/mol. The van der Waals surface area contributed by atoms with Crippen molar-refractivity contribution in [2.75, 3.05) is 12.0 Å². The van der Waals surface area contributed by atoms with Gasteiger partial charge in [-0.05, 0) is 67.0 Å². The van der Waals surface area contributed by atoms with Crippen LogP contribution in [0.3, 0.4) is 0 Å². The Morgan fingerprint density at radius 2 is 1.89 bits per heavy atom. The first-order valence-corrected chi connectivity index (χ1v) is 8.58. The van der Waals surface area contributed by atoms with Gasteiger partial charge in [0.1, 0.15) is 5.57 Å². The van der Waals surface area contributed by atoms with Crippen molar-refractivity contribution in [3.63, 3.8) is 0 Å². The highest BCUT2D eigenvalue weighted by molar-refractivity contribution is 7.80. The third-order valence-corrected chi connectivity index (χ3v) is 4.51. The highest BCUT2D eigenvalue weighted by Gasteiger charge is 2.35. The van der Waals surface area contributed by atoms with Gasteiger partial charge in [0.2, 0.25) is 0 Å². The molecule has 0 aromatic heterocycles. The number of hydrogen-bond acceptors (Lipinski definition) is 5. The predicted octanol–water partition coefficient (Wildman–Crippen LogP) is 2.85. The molecule has 2 amide bonds. The van der Waals surface area contributed by atoms with Crippen LogP contribution in [0.5, 0.6) is 11.5 Å². The van der Waals surface area contributed by atoms with Gasteiger partial charge in [-0.25, -0.2) is 0 Å². The fraction of sp³-hybridized carbons (Fsp3) is 0.150. The minimum atomic E-state index is -0.582. The number of ether oxygens (including phenoxy) is 1. The molecule has 2 aromatic rings. The van der Waals surface area contributed by atoms with Crippen LogP contribution in [0.25, 0.3) is 6.08 Å². The van der Waals surface area contributed by atoms with Gasteiger partial charge in [0.05, 0.1) is 12.8 Å². The van der Waals surface area contributed by atoms with E-state index in [1.54, 1.807) is 12.1 Å². The molecule has 0 saturated carbocycles. The molecule has 1 aliphatic heterocycles. The number of benzene rings is 2. The predicted molar refractivity (Wildman–Crippen MR) is 107 cm³/mol. The van der Waals surface area contributed by atoms with Crippen molar-refractivity contribution in [2.45, 2.75) is 13.8 Å². The maximum Gasteiger partial charge on any atom is 0.270 e. The lowest BCUT2D eigenvalue weighted by atomic mass is 10.0. The van der Waals surface area contributed by atoms with Crippen molar-refractivity contribution in [3.05, 3.63) is 58.7 Å². The molecular formula is C20H18N2O4S. The molecule has 2 aromatic carbocycles. The number of nitrogens with one attached hydrogen (secondary N) is 1. The van der Waals surface area contributed by atoms with Gasteiger partial charge in [-0.2, -0.15) is 0 Å². The second-order valence-corrected chi connectivity index (χ2v) is 6.57. The summed E-state index contributed by atoms with van der Waals surface area (Å²) in [6, 6.07) is 10.3. The van der Waals surface area contributed by atoms with Crippen molar-refractivity contribution >= 4 is 40.9 Å². The molecule has 7 heteroatoms. The number of amides is 2. The first-order valence-electron chi connectivity index (χ1n) is 8.17. The zero-order chi connectivity index (χ0) is 19.7. The number of rotatable bonds is 3. The maximum atomic E-state index is 13.0. The molecule has 1 fully saturated rings. The summed E-state index contributed by atoms with van der Waals surface area (Å²) in [6.07, 6.45) is 1.41. The van der Waals surface area contributed by atoms with Crippen LogP contribution in [-0.4, -0.2) is 29.1 Å². The van der Waals surface area contributed by atoms with E-state index in [4.69, 9.17) is 17.0 Å². The molecule has 1 saturated heterocycles. The lowest BCUT2D eigenvalue weighted by molar-refractivity contribution is -0.122. The standard InChI is InChI=1S/C20H18N2O4S/c1-11-4-5-12(2)15(8-11)22-19(25)14(18(24)21-20(22)27)9-13-6-7-17(26-3)16(23)10-13/h4-10,23H,1-3H3,(H,21,24,27). The zero-order valence-electron chi connectivity index (χ0n) is 15.1. The Labute approximate surface area is 162 Å². The van der Waals surface area contributed by atoms with E-state index in [9.17, 15) is 14.7 Å². The van der Waals surface area contributed by atoms with E-state index in [1.165, 1.54) is 24.2 Å². The van der Waals surface area contributed by atoms with E-state index in [1.807, 2.05) is 32.0 Å². The van der Waals surface area contributed by atoms with E-state index in [-0.39, 0.29) is 16.4 Å². The Balaban J connectivity index is 2.05. The van der Waals surface area contributed by atoms with E-state index in [2.05, 4.69) is 5.32 Å². The van der Waals surface area contributed by atoms with Crippen LogP contribution >= 0.6 is 12.2 Å². The quantitative estimate of drug-likeness (QED) is 0.485. The molecule has 0 spiro atoms. The summed E-state index contributed by atoms with van der Waals surface area (Å²) in [7, 11) is 1.44. The van der Waals surface area contributed by atoms with Crippen LogP contribution in [0.4, 0.5) is 5.69 Å². The summed E-state index contributed by atoms with van der Waals surface area (Å²) in [5, 5.41) is 12.5. The number of phenols is 1. The maximum absolute atomic E-state index is 13.0. The Morgan fingerprint density at radius 1 is 1.15 bits per heavy atom. The molecule has 0 atom stereocenters. The Hall–Kier alpha value is -3.19. The number of thiocarbonyl (C=S) groups is 1. The summed E-state index contributed by atoms with van der Waals surface area (Å²) in [6.45, 7) is 3.78. The molecule has 1 heterocycles. The molecule has 6 nitrogen and oxygen atoms in total. The minimum Gasteiger partial charge on any atom is -0.504 e. The Bertz CT molecular complexity index is 997. The van der Waals surface area contributed by atoms with E-state index >= 15 is 0 Å². The number of carbonyl (C=O) groups is 2. The van der Waals surface area contributed by atoms with Crippen molar-refractivity contribution in [2.24, 2.45) is 0 Å². The third kappa shape index (κ3) is 3.54. The van der Waals surface area contributed by atoms with Gasteiger partial charge in [-0.1, -0.05) is 18.2 Å². The van der Waals surface area contributed by atoms with E-state index in [0.717, 1.165) is 11.1 Å². The van der Waals surface area contributed by atoms with E-state index < -0.39 is 11.8 Å². The molecule has 0 radical (unpaired) electrons. The second-order valence-electron chi connectivity index (χ2n) is 6.18. The topological polar surface area (TPSA) is 78.9 Å². The zero-order valence-corrected chi connectivity index (χ0v) is 15.9. The first-order chi connectivity index (χ1) is 12.8. The van der Waals surface area contributed by atoms with Gasteiger partial charge in [-0.3, -0.25) is 19.8 Å². The first kappa shape index (κ1) is 18.6.